The first kappa shape index (κ1) is 13.9. The molecule has 104 valence electrons. The predicted octanol–water partition coefficient (Wildman–Crippen LogP) is 3.17. The summed E-state index contributed by atoms with van der Waals surface area (Å²) >= 11 is 0. The Balaban J connectivity index is 2.13. The first-order chi connectivity index (χ1) is 9.56. The molecule has 0 saturated carbocycles. The quantitative estimate of drug-likeness (QED) is 0.932. The largest absolute Gasteiger partial charge is 0.486 e. The van der Waals surface area contributed by atoms with Crippen molar-refractivity contribution in [3.63, 3.8) is 0 Å². The van der Waals surface area contributed by atoms with E-state index in [9.17, 15) is 9.18 Å². The highest BCUT2D eigenvalue weighted by Crippen LogP contribution is 2.27. The molecule has 0 aliphatic heterocycles. The first-order valence-corrected chi connectivity index (χ1v) is 6.00. The topological polar surface area (TPSA) is 61.6 Å². The van der Waals surface area contributed by atoms with Gasteiger partial charge in [0.05, 0.1) is 0 Å². The maximum absolute atomic E-state index is 13.8. The summed E-state index contributed by atoms with van der Waals surface area (Å²) in [6.45, 7) is 1.93. The lowest BCUT2D eigenvalue weighted by molar-refractivity contribution is 0.210. The lowest BCUT2D eigenvalue weighted by atomic mass is 10.2. The lowest BCUT2D eigenvalue weighted by Crippen LogP contribution is -2.17. The van der Waals surface area contributed by atoms with Gasteiger partial charge in [0.1, 0.15) is 12.4 Å². The minimum atomic E-state index is -0.981. The van der Waals surface area contributed by atoms with Crippen LogP contribution in [0.2, 0.25) is 0 Å². The molecule has 5 heteroatoms. The molecule has 0 aliphatic rings. The average molecular weight is 275 g/mol. The number of aryl methyl sites for hydroxylation is 1. The van der Waals surface area contributed by atoms with E-state index in [-0.39, 0.29) is 18.1 Å². The van der Waals surface area contributed by atoms with Crippen molar-refractivity contribution in [1.82, 2.24) is 0 Å². The van der Waals surface area contributed by atoms with Crippen molar-refractivity contribution in [2.45, 2.75) is 13.5 Å². The van der Waals surface area contributed by atoms with Crippen LogP contribution in [-0.4, -0.2) is 6.09 Å². The molecule has 0 spiro atoms. The monoisotopic (exact) mass is 275 g/mol. The number of ether oxygens (including phenoxy) is 2. The summed E-state index contributed by atoms with van der Waals surface area (Å²) in [6, 6.07) is 12.0. The molecular formula is C15H14FNO3. The fourth-order valence-electron chi connectivity index (χ4n) is 1.70. The van der Waals surface area contributed by atoms with Gasteiger partial charge in [-0.15, -0.1) is 0 Å². The Labute approximate surface area is 115 Å². The average Bonchev–Trinajstić information content (AvgIpc) is 2.41. The van der Waals surface area contributed by atoms with E-state index in [0.29, 0.717) is 5.56 Å². The molecule has 0 aromatic heterocycles. The third-order valence-corrected chi connectivity index (χ3v) is 2.68. The van der Waals surface area contributed by atoms with Gasteiger partial charge < -0.3 is 15.2 Å². The Morgan fingerprint density at radius 3 is 2.55 bits per heavy atom. The van der Waals surface area contributed by atoms with Gasteiger partial charge in [-0.1, -0.05) is 30.3 Å². The summed E-state index contributed by atoms with van der Waals surface area (Å²) in [6.07, 6.45) is -0.981. The third-order valence-electron chi connectivity index (χ3n) is 2.68. The Hall–Kier alpha value is -2.56. The van der Waals surface area contributed by atoms with E-state index in [1.165, 1.54) is 6.07 Å². The normalized spacial score (nSPS) is 10.1. The van der Waals surface area contributed by atoms with Gasteiger partial charge in [-0.05, 0) is 24.1 Å². The van der Waals surface area contributed by atoms with Crippen LogP contribution in [0.25, 0.3) is 0 Å². The van der Waals surface area contributed by atoms with Gasteiger partial charge in [0, 0.05) is 6.07 Å². The van der Waals surface area contributed by atoms with Gasteiger partial charge >= 0.3 is 6.09 Å². The number of hydrogen-bond acceptors (Lipinski definition) is 3. The Bertz CT molecular complexity index is 614. The van der Waals surface area contributed by atoms with E-state index in [1.807, 2.05) is 30.3 Å². The SMILES string of the molecule is Cc1cc(OCc2ccccc2)c(F)cc1OC(N)=O. The van der Waals surface area contributed by atoms with E-state index in [4.69, 9.17) is 10.5 Å². The number of halogens is 1. The standard InChI is InChI=1S/C15H14FNO3/c1-10-7-14(12(16)8-13(10)20-15(17)18)19-9-11-5-3-2-4-6-11/h2-8H,9H2,1H3,(H2,17,18). The fraction of sp³-hybridized carbons (Fsp3) is 0.133. The van der Waals surface area contributed by atoms with Gasteiger partial charge in [0.2, 0.25) is 0 Å². The molecule has 0 fully saturated rings. The Morgan fingerprint density at radius 1 is 1.20 bits per heavy atom. The number of hydrogen-bond donors (Lipinski definition) is 1. The van der Waals surface area contributed by atoms with Crippen molar-refractivity contribution in [1.29, 1.82) is 0 Å². The number of benzene rings is 2. The molecule has 1 amide bonds. The molecule has 0 aliphatic carbocycles. The molecule has 0 atom stereocenters. The number of rotatable bonds is 4. The molecule has 20 heavy (non-hydrogen) atoms. The minimum absolute atomic E-state index is 0.0852. The summed E-state index contributed by atoms with van der Waals surface area (Å²) in [5.74, 6) is -0.423. The maximum Gasteiger partial charge on any atom is 0.409 e. The second-order valence-corrected chi connectivity index (χ2v) is 4.24. The van der Waals surface area contributed by atoms with E-state index in [0.717, 1.165) is 11.6 Å². The van der Waals surface area contributed by atoms with Crippen molar-refractivity contribution in [3.05, 3.63) is 59.4 Å². The molecule has 0 bridgehead atoms. The van der Waals surface area contributed by atoms with Gasteiger partial charge in [-0.3, -0.25) is 0 Å². The highest BCUT2D eigenvalue weighted by Gasteiger charge is 2.11. The van der Waals surface area contributed by atoms with Crippen LogP contribution in [0.5, 0.6) is 11.5 Å². The summed E-state index contributed by atoms with van der Waals surface area (Å²) in [5.41, 5.74) is 6.40. The number of nitrogens with two attached hydrogens (primary N) is 1. The number of amides is 1. The van der Waals surface area contributed by atoms with Crippen LogP contribution in [0, 0.1) is 12.7 Å². The minimum Gasteiger partial charge on any atom is -0.486 e. The Morgan fingerprint density at radius 2 is 1.90 bits per heavy atom. The summed E-state index contributed by atoms with van der Waals surface area (Å²) in [5, 5.41) is 0. The maximum atomic E-state index is 13.8. The molecule has 4 nitrogen and oxygen atoms in total. The van der Waals surface area contributed by atoms with Crippen LogP contribution in [0.15, 0.2) is 42.5 Å². The first-order valence-electron chi connectivity index (χ1n) is 6.00. The van der Waals surface area contributed by atoms with Crippen LogP contribution in [0.1, 0.15) is 11.1 Å². The van der Waals surface area contributed by atoms with Crippen LogP contribution in [-0.2, 0) is 6.61 Å². The number of primary amides is 1. The van der Waals surface area contributed by atoms with Crippen LogP contribution in [0.3, 0.4) is 0 Å². The molecule has 0 unspecified atom stereocenters. The highest BCUT2D eigenvalue weighted by molar-refractivity contribution is 5.68. The van der Waals surface area contributed by atoms with Crippen molar-refractivity contribution in [3.8, 4) is 11.5 Å². The van der Waals surface area contributed by atoms with Crippen LogP contribution in [0.4, 0.5) is 9.18 Å². The van der Waals surface area contributed by atoms with Gasteiger partial charge in [-0.2, -0.15) is 0 Å². The molecule has 2 aromatic rings. The van der Waals surface area contributed by atoms with E-state index < -0.39 is 11.9 Å². The third kappa shape index (κ3) is 3.47. The summed E-state index contributed by atoms with van der Waals surface area (Å²) in [4.78, 5) is 10.7. The molecule has 0 saturated heterocycles. The second-order valence-electron chi connectivity index (χ2n) is 4.24. The molecule has 2 aromatic carbocycles. The second kappa shape index (κ2) is 6.06. The van der Waals surface area contributed by atoms with Crippen LogP contribution >= 0.6 is 0 Å². The summed E-state index contributed by atoms with van der Waals surface area (Å²) < 4.78 is 23.9. The fourth-order valence-corrected chi connectivity index (χ4v) is 1.70. The highest BCUT2D eigenvalue weighted by atomic mass is 19.1. The molecule has 2 rings (SSSR count). The number of carbonyl (C=O) groups excluding carboxylic acids is 1. The molecule has 2 N–H and O–H groups in total. The van der Waals surface area contributed by atoms with Crippen molar-refractivity contribution in [2.75, 3.05) is 0 Å². The molecular weight excluding hydrogens is 261 g/mol. The van der Waals surface area contributed by atoms with Gasteiger partial charge in [0.15, 0.2) is 11.6 Å². The zero-order valence-corrected chi connectivity index (χ0v) is 10.9. The summed E-state index contributed by atoms with van der Waals surface area (Å²) in [7, 11) is 0. The van der Waals surface area contributed by atoms with Crippen molar-refractivity contribution in [2.24, 2.45) is 5.73 Å². The lowest BCUT2D eigenvalue weighted by Gasteiger charge is -2.11. The van der Waals surface area contributed by atoms with E-state index in [2.05, 4.69) is 4.74 Å². The zero-order chi connectivity index (χ0) is 14.5. The van der Waals surface area contributed by atoms with E-state index in [1.54, 1.807) is 6.92 Å². The number of carbonyl (C=O) groups is 1. The predicted molar refractivity (Wildman–Crippen MR) is 72.1 cm³/mol. The van der Waals surface area contributed by atoms with Crippen molar-refractivity contribution < 1.29 is 18.7 Å². The zero-order valence-electron chi connectivity index (χ0n) is 10.9. The van der Waals surface area contributed by atoms with Gasteiger partial charge in [-0.25, -0.2) is 9.18 Å². The molecule has 0 heterocycles. The van der Waals surface area contributed by atoms with Crippen molar-refractivity contribution >= 4 is 6.09 Å². The van der Waals surface area contributed by atoms with Crippen LogP contribution < -0.4 is 15.2 Å². The molecule has 0 radical (unpaired) electrons. The van der Waals surface area contributed by atoms with E-state index >= 15 is 0 Å². The Kier molecular flexibility index (Phi) is 4.20. The van der Waals surface area contributed by atoms with Gasteiger partial charge in [0.25, 0.3) is 0 Å². The smallest absolute Gasteiger partial charge is 0.409 e.